The van der Waals surface area contributed by atoms with Crippen molar-refractivity contribution in [3.8, 4) is 0 Å². The highest BCUT2D eigenvalue weighted by Gasteiger charge is 2.08. The van der Waals surface area contributed by atoms with Gasteiger partial charge >= 0.3 is 0 Å². The van der Waals surface area contributed by atoms with Crippen LogP contribution in [0.15, 0.2) is 24.4 Å². The maximum Gasteiger partial charge on any atom is 0.229 e. The van der Waals surface area contributed by atoms with Crippen molar-refractivity contribution in [1.82, 2.24) is 9.97 Å². The van der Waals surface area contributed by atoms with Gasteiger partial charge in [-0.25, -0.2) is 4.98 Å². The Morgan fingerprint density at radius 2 is 2.00 bits per heavy atom. The molecule has 1 aromatic carbocycles. The summed E-state index contributed by atoms with van der Waals surface area (Å²) in [6.45, 7) is 1.42. The van der Waals surface area contributed by atoms with Gasteiger partial charge in [0.1, 0.15) is 5.69 Å². The number of rotatable bonds is 4. The van der Waals surface area contributed by atoms with Crippen molar-refractivity contribution < 1.29 is 4.79 Å². The molecule has 3 N–H and O–H groups in total. The van der Waals surface area contributed by atoms with Crippen molar-refractivity contribution in [2.24, 2.45) is 0 Å². The average molecular weight is 326 g/mol. The second-order valence-electron chi connectivity index (χ2n) is 4.14. The van der Waals surface area contributed by atoms with E-state index in [4.69, 9.17) is 23.2 Å². The molecule has 0 fully saturated rings. The average Bonchev–Trinajstić information content (AvgIpc) is 2.44. The van der Waals surface area contributed by atoms with Gasteiger partial charge in [0.15, 0.2) is 5.82 Å². The Labute approximate surface area is 131 Å². The molecule has 0 radical (unpaired) electrons. The molecule has 0 spiro atoms. The Morgan fingerprint density at radius 1 is 1.24 bits per heavy atom. The summed E-state index contributed by atoms with van der Waals surface area (Å²) in [6.07, 6.45) is 1.51. The molecule has 0 aliphatic rings. The third kappa shape index (κ3) is 3.96. The van der Waals surface area contributed by atoms with Crippen molar-refractivity contribution >= 4 is 52.3 Å². The number of nitrogens with one attached hydrogen (secondary N) is 3. The van der Waals surface area contributed by atoms with Crippen LogP contribution in [0.3, 0.4) is 0 Å². The lowest BCUT2D eigenvalue weighted by atomic mass is 10.3. The zero-order valence-electron chi connectivity index (χ0n) is 11.4. The van der Waals surface area contributed by atoms with E-state index in [-0.39, 0.29) is 5.91 Å². The molecule has 0 bridgehead atoms. The fourth-order valence-corrected chi connectivity index (χ4v) is 1.91. The molecule has 0 saturated heterocycles. The number of hydrogen-bond donors (Lipinski definition) is 3. The number of benzene rings is 1. The van der Waals surface area contributed by atoms with Crippen LogP contribution >= 0.6 is 23.2 Å². The first-order valence-corrected chi connectivity index (χ1v) is 6.79. The molecule has 1 aromatic heterocycles. The fraction of sp³-hybridized carbons (Fsp3) is 0.154. The maximum atomic E-state index is 11.1. The van der Waals surface area contributed by atoms with Crippen LogP contribution in [0.25, 0.3) is 0 Å². The molecule has 1 heterocycles. The van der Waals surface area contributed by atoms with Gasteiger partial charge in [-0.05, 0) is 18.2 Å². The van der Waals surface area contributed by atoms with Crippen molar-refractivity contribution in [3.05, 3.63) is 34.4 Å². The van der Waals surface area contributed by atoms with Crippen molar-refractivity contribution in [3.63, 3.8) is 0 Å². The monoisotopic (exact) mass is 325 g/mol. The molecular formula is C13H13Cl2N5O. The van der Waals surface area contributed by atoms with Crippen LogP contribution in [-0.2, 0) is 4.79 Å². The normalized spacial score (nSPS) is 10.1. The summed E-state index contributed by atoms with van der Waals surface area (Å²) in [5.74, 6) is 0.676. The van der Waals surface area contributed by atoms with Gasteiger partial charge in [-0.1, -0.05) is 23.2 Å². The minimum Gasteiger partial charge on any atom is -0.371 e. The largest absolute Gasteiger partial charge is 0.371 e. The first-order chi connectivity index (χ1) is 9.99. The van der Waals surface area contributed by atoms with Crippen LogP contribution in [-0.4, -0.2) is 22.9 Å². The van der Waals surface area contributed by atoms with Gasteiger partial charge in [0.05, 0.1) is 16.2 Å². The molecule has 2 aromatic rings. The number of aromatic nitrogens is 2. The Hall–Kier alpha value is -2.05. The van der Waals surface area contributed by atoms with Crippen LogP contribution in [0.1, 0.15) is 6.92 Å². The van der Waals surface area contributed by atoms with Gasteiger partial charge in [-0.3, -0.25) is 4.79 Å². The third-order valence-corrected chi connectivity index (χ3v) is 3.25. The van der Waals surface area contributed by atoms with Crippen LogP contribution in [0, 0.1) is 0 Å². The first-order valence-electron chi connectivity index (χ1n) is 6.04. The van der Waals surface area contributed by atoms with Gasteiger partial charge < -0.3 is 16.0 Å². The molecule has 1 amide bonds. The first kappa shape index (κ1) is 15.3. The van der Waals surface area contributed by atoms with E-state index in [2.05, 4.69) is 25.9 Å². The number of nitrogens with zero attached hydrogens (tertiary/aromatic N) is 2. The predicted molar refractivity (Wildman–Crippen MR) is 85.6 cm³/mol. The lowest BCUT2D eigenvalue weighted by Gasteiger charge is -2.11. The number of anilines is 4. The third-order valence-electron chi connectivity index (χ3n) is 2.51. The number of carbonyl (C=O) groups is 1. The van der Waals surface area contributed by atoms with E-state index in [1.165, 1.54) is 13.1 Å². The van der Waals surface area contributed by atoms with Crippen molar-refractivity contribution in [1.29, 1.82) is 0 Å². The van der Waals surface area contributed by atoms with E-state index in [1.807, 2.05) is 0 Å². The van der Waals surface area contributed by atoms with E-state index in [9.17, 15) is 4.79 Å². The number of carbonyl (C=O) groups excluding carboxylic acids is 1. The summed E-state index contributed by atoms with van der Waals surface area (Å²) in [5, 5.41) is 9.45. The summed E-state index contributed by atoms with van der Waals surface area (Å²) < 4.78 is 0. The molecule has 2 rings (SSSR count). The highest BCUT2D eigenvalue weighted by Crippen LogP contribution is 2.27. The molecule has 0 saturated carbocycles. The predicted octanol–water partition coefficient (Wildman–Crippen LogP) is 3.53. The van der Waals surface area contributed by atoms with Crippen LogP contribution in [0.4, 0.5) is 23.1 Å². The smallest absolute Gasteiger partial charge is 0.229 e. The summed E-state index contributed by atoms with van der Waals surface area (Å²) >= 11 is 11.8. The molecule has 8 heteroatoms. The van der Waals surface area contributed by atoms with Crippen LogP contribution in [0.2, 0.25) is 10.0 Å². The second-order valence-corrected chi connectivity index (χ2v) is 4.96. The SMILES string of the molecule is CNc1nc(Nc2ccc(Cl)c(Cl)c2)ncc1NC(C)=O. The Morgan fingerprint density at radius 3 is 2.62 bits per heavy atom. The molecule has 0 unspecified atom stereocenters. The standard InChI is InChI=1S/C13H13Cl2N5O/c1-7(21)18-11-6-17-13(20-12(11)16-2)19-8-3-4-9(14)10(15)5-8/h3-6H,1-2H3,(H,18,21)(H2,16,17,19,20). The fourth-order valence-electron chi connectivity index (χ4n) is 1.62. The van der Waals surface area contributed by atoms with Crippen LogP contribution < -0.4 is 16.0 Å². The lowest BCUT2D eigenvalue weighted by molar-refractivity contribution is -0.114. The van der Waals surface area contributed by atoms with E-state index >= 15 is 0 Å². The highest BCUT2D eigenvalue weighted by atomic mass is 35.5. The van der Waals surface area contributed by atoms with Crippen LogP contribution in [0.5, 0.6) is 0 Å². The Bertz CT molecular complexity index is 678. The molecule has 0 aliphatic carbocycles. The molecule has 0 atom stereocenters. The quantitative estimate of drug-likeness (QED) is 0.801. The van der Waals surface area contributed by atoms with Gasteiger partial charge in [0, 0.05) is 19.7 Å². The van der Waals surface area contributed by atoms with E-state index in [1.54, 1.807) is 25.2 Å². The van der Waals surface area contributed by atoms with Gasteiger partial charge in [-0.2, -0.15) is 4.98 Å². The van der Waals surface area contributed by atoms with E-state index in [0.29, 0.717) is 33.2 Å². The molecule has 110 valence electrons. The van der Waals surface area contributed by atoms with Crippen molar-refractivity contribution in [2.75, 3.05) is 23.0 Å². The zero-order valence-corrected chi connectivity index (χ0v) is 12.9. The zero-order chi connectivity index (χ0) is 15.4. The highest BCUT2D eigenvalue weighted by molar-refractivity contribution is 6.42. The van der Waals surface area contributed by atoms with Gasteiger partial charge in [0.2, 0.25) is 11.9 Å². The number of halogens is 2. The summed E-state index contributed by atoms with van der Waals surface area (Å²) in [5.41, 5.74) is 1.21. The minimum absolute atomic E-state index is 0.194. The molecular weight excluding hydrogens is 313 g/mol. The summed E-state index contributed by atoms with van der Waals surface area (Å²) in [7, 11) is 1.70. The number of amides is 1. The number of hydrogen-bond acceptors (Lipinski definition) is 5. The minimum atomic E-state index is -0.194. The van der Waals surface area contributed by atoms with E-state index < -0.39 is 0 Å². The summed E-state index contributed by atoms with van der Waals surface area (Å²) in [6, 6.07) is 5.11. The van der Waals surface area contributed by atoms with Crippen molar-refractivity contribution in [2.45, 2.75) is 6.92 Å². The Kier molecular flexibility index (Phi) is 4.82. The summed E-state index contributed by atoms with van der Waals surface area (Å²) in [4.78, 5) is 19.5. The Balaban J connectivity index is 2.24. The second kappa shape index (κ2) is 6.60. The van der Waals surface area contributed by atoms with Gasteiger partial charge in [-0.15, -0.1) is 0 Å². The topological polar surface area (TPSA) is 78.9 Å². The van der Waals surface area contributed by atoms with E-state index in [0.717, 1.165) is 0 Å². The lowest BCUT2D eigenvalue weighted by Crippen LogP contribution is -2.10. The molecule has 21 heavy (non-hydrogen) atoms. The van der Waals surface area contributed by atoms with Gasteiger partial charge in [0.25, 0.3) is 0 Å². The molecule has 0 aliphatic heterocycles. The molecule has 6 nitrogen and oxygen atoms in total. The maximum absolute atomic E-state index is 11.1.